The molecule has 0 unspecified atom stereocenters. The lowest BCUT2D eigenvalue weighted by Crippen LogP contribution is -1.96. The first kappa shape index (κ1) is 9.84. The minimum absolute atomic E-state index is 0.213. The molecule has 0 saturated carbocycles. The van der Waals surface area contributed by atoms with Crippen molar-refractivity contribution in [2.45, 2.75) is 19.8 Å². The fraction of sp³-hybridized carbons (Fsp3) is 0.231. The van der Waals surface area contributed by atoms with Gasteiger partial charge in [-0.05, 0) is 25.5 Å². The highest BCUT2D eigenvalue weighted by Gasteiger charge is 1.99. The van der Waals surface area contributed by atoms with Gasteiger partial charge in [0.2, 0.25) is 0 Å². The van der Waals surface area contributed by atoms with E-state index in [2.05, 4.69) is 11.1 Å². The highest BCUT2D eigenvalue weighted by molar-refractivity contribution is 5.79. The van der Waals surface area contributed by atoms with E-state index in [4.69, 9.17) is 0 Å². The third-order valence-electron chi connectivity index (χ3n) is 2.39. The van der Waals surface area contributed by atoms with Crippen molar-refractivity contribution in [1.29, 1.82) is 0 Å². The molecular weight excluding hydrogens is 186 g/mol. The lowest BCUT2D eigenvalue weighted by molar-refractivity contribution is -0.116. The quantitative estimate of drug-likeness (QED) is 0.760. The number of fused-ring (bicyclic) bond motifs is 1. The number of benzene rings is 1. The lowest BCUT2D eigenvalue weighted by Gasteiger charge is -2.01. The topological polar surface area (TPSA) is 30.0 Å². The highest BCUT2D eigenvalue weighted by atomic mass is 16.1. The summed E-state index contributed by atoms with van der Waals surface area (Å²) in [5, 5.41) is 1.14. The molecule has 2 aromatic rings. The molecule has 2 heteroatoms. The number of carbonyl (C=O) groups excluding carboxylic acids is 1. The number of ketones is 1. The lowest BCUT2D eigenvalue weighted by atomic mass is 10.1. The molecule has 0 aliphatic carbocycles. The van der Waals surface area contributed by atoms with Crippen LogP contribution in [0, 0.1) is 0 Å². The molecule has 76 valence electrons. The molecule has 2 nitrogen and oxygen atoms in total. The summed E-state index contributed by atoms with van der Waals surface area (Å²) in [7, 11) is 0. The van der Waals surface area contributed by atoms with Gasteiger partial charge in [-0.1, -0.05) is 24.3 Å². The number of rotatable bonds is 3. The van der Waals surface area contributed by atoms with Crippen molar-refractivity contribution in [3.63, 3.8) is 0 Å². The van der Waals surface area contributed by atoms with Gasteiger partial charge in [0.15, 0.2) is 0 Å². The summed E-state index contributed by atoms with van der Waals surface area (Å²) in [5.74, 6) is 0.213. The summed E-state index contributed by atoms with van der Waals surface area (Å²) < 4.78 is 0. The van der Waals surface area contributed by atoms with E-state index in [1.54, 1.807) is 6.92 Å². The van der Waals surface area contributed by atoms with Gasteiger partial charge in [-0.25, -0.2) is 0 Å². The Kier molecular flexibility index (Phi) is 2.77. The molecule has 0 saturated heterocycles. The van der Waals surface area contributed by atoms with Gasteiger partial charge in [-0.3, -0.25) is 4.98 Å². The van der Waals surface area contributed by atoms with Crippen molar-refractivity contribution in [3.8, 4) is 0 Å². The number of hydrogen-bond acceptors (Lipinski definition) is 2. The zero-order chi connectivity index (χ0) is 10.7. The summed E-state index contributed by atoms with van der Waals surface area (Å²) in [6.07, 6.45) is 1.31. The van der Waals surface area contributed by atoms with Crippen molar-refractivity contribution < 1.29 is 4.79 Å². The maximum atomic E-state index is 10.9. The molecule has 0 N–H and O–H groups in total. The molecule has 2 rings (SSSR count). The molecule has 0 fully saturated rings. The number of hydrogen-bond donors (Lipinski definition) is 0. The van der Waals surface area contributed by atoms with Crippen molar-refractivity contribution in [2.24, 2.45) is 0 Å². The van der Waals surface area contributed by atoms with Crippen LogP contribution in [-0.4, -0.2) is 10.8 Å². The molecule has 1 aromatic carbocycles. The summed E-state index contributed by atoms with van der Waals surface area (Å²) in [5.41, 5.74) is 1.99. The number of nitrogens with zero attached hydrogens (tertiary/aromatic N) is 1. The predicted octanol–water partition coefficient (Wildman–Crippen LogP) is 2.76. The van der Waals surface area contributed by atoms with E-state index in [-0.39, 0.29) is 5.78 Å². The number of aryl methyl sites for hydroxylation is 1. The largest absolute Gasteiger partial charge is 0.300 e. The second-order valence-electron chi connectivity index (χ2n) is 3.70. The van der Waals surface area contributed by atoms with Gasteiger partial charge in [0.05, 0.1) is 5.52 Å². The predicted molar refractivity (Wildman–Crippen MR) is 60.7 cm³/mol. The van der Waals surface area contributed by atoms with Crippen molar-refractivity contribution >= 4 is 16.7 Å². The molecule has 0 atom stereocenters. The SMILES string of the molecule is CC(=O)CCc1ccc2ccccc2n1. The number of pyridine rings is 1. The molecule has 0 bridgehead atoms. The first-order chi connectivity index (χ1) is 7.25. The molecule has 0 spiro atoms. The molecule has 0 amide bonds. The summed E-state index contributed by atoms with van der Waals surface area (Å²) in [6.45, 7) is 1.61. The zero-order valence-corrected chi connectivity index (χ0v) is 8.73. The molecule has 0 aliphatic rings. The van der Waals surface area contributed by atoms with Crippen molar-refractivity contribution in [1.82, 2.24) is 4.98 Å². The van der Waals surface area contributed by atoms with Gasteiger partial charge >= 0.3 is 0 Å². The summed E-state index contributed by atoms with van der Waals surface area (Å²) in [6, 6.07) is 12.1. The van der Waals surface area contributed by atoms with Gasteiger partial charge in [0.25, 0.3) is 0 Å². The summed E-state index contributed by atoms with van der Waals surface area (Å²) in [4.78, 5) is 15.3. The van der Waals surface area contributed by atoms with E-state index >= 15 is 0 Å². The second kappa shape index (κ2) is 4.22. The normalized spacial score (nSPS) is 10.5. The Morgan fingerprint density at radius 1 is 1.20 bits per heavy atom. The van der Waals surface area contributed by atoms with Crippen LogP contribution in [0.15, 0.2) is 36.4 Å². The Balaban J connectivity index is 2.26. The first-order valence-corrected chi connectivity index (χ1v) is 5.10. The number of aromatic nitrogens is 1. The monoisotopic (exact) mass is 199 g/mol. The van der Waals surface area contributed by atoms with E-state index in [1.165, 1.54) is 0 Å². The number of Topliss-reactive ketones (excluding diaryl/α,β-unsaturated/α-hetero) is 1. The van der Waals surface area contributed by atoms with E-state index < -0.39 is 0 Å². The maximum Gasteiger partial charge on any atom is 0.130 e. The van der Waals surface area contributed by atoms with Crippen molar-refractivity contribution in [2.75, 3.05) is 0 Å². The fourth-order valence-electron chi connectivity index (χ4n) is 1.55. The van der Waals surface area contributed by atoms with Crippen LogP contribution in [0.25, 0.3) is 10.9 Å². The smallest absolute Gasteiger partial charge is 0.130 e. The number of carbonyl (C=O) groups is 1. The van der Waals surface area contributed by atoms with E-state index in [0.29, 0.717) is 6.42 Å². The van der Waals surface area contributed by atoms with Crippen LogP contribution in [0.5, 0.6) is 0 Å². The maximum absolute atomic E-state index is 10.9. The fourth-order valence-corrected chi connectivity index (χ4v) is 1.55. The van der Waals surface area contributed by atoms with Crippen LogP contribution in [0.2, 0.25) is 0 Å². The molecular formula is C13H13NO. The van der Waals surface area contributed by atoms with Crippen LogP contribution in [0.3, 0.4) is 0 Å². The first-order valence-electron chi connectivity index (χ1n) is 5.10. The molecule has 0 aliphatic heterocycles. The van der Waals surface area contributed by atoms with Crippen LogP contribution in [-0.2, 0) is 11.2 Å². The summed E-state index contributed by atoms with van der Waals surface area (Å²) >= 11 is 0. The Labute approximate surface area is 89.0 Å². The molecule has 15 heavy (non-hydrogen) atoms. The number of para-hydroxylation sites is 1. The van der Waals surface area contributed by atoms with Gasteiger partial charge in [0.1, 0.15) is 5.78 Å². The molecule has 1 heterocycles. The van der Waals surface area contributed by atoms with E-state index in [1.807, 2.05) is 30.3 Å². The molecule has 0 radical (unpaired) electrons. The Morgan fingerprint density at radius 3 is 2.80 bits per heavy atom. The van der Waals surface area contributed by atoms with Gasteiger partial charge in [0, 0.05) is 17.5 Å². The second-order valence-corrected chi connectivity index (χ2v) is 3.70. The van der Waals surface area contributed by atoms with Crippen LogP contribution >= 0.6 is 0 Å². The Morgan fingerprint density at radius 2 is 2.00 bits per heavy atom. The van der Waals surface area contributed by atoms with Gasteiger partial charge in [-0.2, -0.15) is 0 Å². The van der Waals surface area contributed by atoms with Gasteiger partial charge in [-0.15, -0.1) is 0 Å². The third kappa shape index (κ3) is 2.40. The van der Waals surface area contributed by atoms with E-state index in [0.717, 1.165) is 23.0 Å². The standard InChI is InChI=1S/C13H13NO/c1-10(15)6-8-12-9-7-11-4-2-3-5-13(11)14-12/h2-5,7,9H,6,8H2,1H3. The minimum atomic E-state index is 0.213. The average molecular weight is 199 g/mol. The van der Waals surface area contributed by atoms with Crippen LogP contribution in [0.1, 0.15) is 19.0 Å². The Bertz CT molecular complexity index is 491. The van der Waals surface area contributed by atoms with Crippen molar-refractivity contribution in [3.05, 3.63) is 42.1 Å². The third-order valence-corrected chi connectivity index (χ3v) is 2.39. The van der Waals surface area contributed by atoms with Crippen LogP contribution in [0.4, 0.5) is 0 Å². The van der Waals surface area contributed by atoms with Gasteiger partial charge < -0.3 is 4.79 Å². The zero-order valence-electron chi connectivity index (χ0n) is 8.73. The molecule has 1 aromatic heterocycles. The minimum Gasteiger partial charge on any atom is -0.300 e. The Hall–Kier alpha value is -1.70. The average Bonchev–Trinajstić information content (AvgIpc) is 2.26. The van der Waals surface area contributed by atoms with E-state index in [9.17, 15) is 4.79 Å². The van der Waals surface area contributed by atoms with Crippen LogP contribution < -0.4 is 0 Å². The highest BCUT2D eigenvalue weighted by Crippen LogP contribution is 2.12.